The van der Waals surface area contributed by atoms with Crippen molar-refractivity contribution in [2.24, 2.45) is 0 Å². The molecule has 0 aromatic carbocycles. The van der Waals surface area contributed by atoms with Crippen LogP contribution < -0.4 is 0 Å². The molecule has 0 aliphatic carbocycles. The molecule has 14 heavy (non-hydrogen) atoms. The minimum Gasteiger partial charge on any atom is -0.339 e. The Hall–Kier alpha value is -1.32. The third-order valence-corrected chi connectivity index (χ3v) is 2.53. The van der Waals surface area contributed by atoms with E-state index in [1.165, 1.54) is 6.08 Å². The van der Waals surface area contributed by atoms with Crippen molar-refractivity contribution in [1.82, 2.24) is 9.80 Å². The van der Waals surface area contributed by atoms with Gasteiger partial charge in [0.05, 0.1) is 0 Å². The van der Waals surface area contributed by atoms with Crippen LogP contribution in [0.3, 0.4) is 0 Å². The summed E-state index contributed by atoms with van der Waals surface area (Å²) in [5.41, 5.74) is 0. The Morgan fingerprint density at radius 2 is 2.07 bits per heavy atom. The monoisotopic (exact) mass is 196 g/mol. The van der Waals surface area contributed by atoms with Gasteiger partial charge in [-0.1, -0.05) is 6.58 Å². The number of rotatable bonds is 1. The zero-order valence-corrected chi connectivity index (χ0v) is 8.69. The highest BCUT2D eigenvalue weighted by molar-refractivity contribution is 5.87. The van der Waals surface area contributed by atoms with Crippen molar-refractivity contribution in [1.29, 1.82) is 0 Å². The summed E-state index contributed by atoms with van der Waals surface area (Å²) < 4.78 is 0. The lowest BCUT2D eigenvalue weighted by atomic mass is 10.2. The van der Waals surface area contributed by atoms with Crippen LogP contribution in [0.5, 0.6) is 0 Å². The van der Waals surface area contributed by atoms with Gasteiger partial charge >= 0.3 is 0 Å². The molecule has 0 radical (unpaired) electrons. The van der Waals surface area contributed by atoms with Crippen molar-refractivity contribution < 1.29 is 9.59 Å². The number of hydrogen-bond donors (Lipinski definition) is 0. The molecule has 1 unspecified atom stereocenters. The fourth-order valence-electron chi connectivity index (χ4n) is 1.69. The second-order valence-corrected chi connectivity index (χ2v) is 3.55. The molecule has 0 bridgehead atoms. The number of amides is 2. The lowest BCUT2D eigenvalue weighted by molar-refractivity contribution is -0.138. The highest BCUT2D eigenvalue weighted by Gasteiger charge is 2.26. The van der Waals surface area contributed by atoms with Crippen molar-refractivity contribution in [3.05, 3.63) is 12.7 Å². The van der Waals surface area contributed by atoms with E-state index in [1.54, 1.807) is 16.7 Å². The van der Waals surface area contributed by atoms with Crippen molar-refractivity contribution in [3.63, 3.8) is 0 Å². The van der Waals surface area contributed by atoms with E-state index in [0.717, 1.165) is 0 Å². The average molecular weight is 196 g/mol. The standard InChI is InChI=1S/C10H16N2O2/c1-4-10(14)12-6-5-11(9(3)13)7-8(12)2/h4,8H,1,5-7H2,2-3H3. The normalized spacial score (nSPS) is 22.0. The Morgan fingerprint density at radius 3 is 2.50 bits per heavy atom. The van der Waals surface area contributed by atoms with E-state index in [9.17, 15) is 9.59 Å². The minimum atomic E-state index is -0.0549. The number of hydrogen-bond acceptors (Lipinski definition) is 2. The van der Waals surface area contributed by atoms with Gasteiger partial charge in [-0.25, -0.2) is 0 Å². The van der Waals surface area contributed by atoms with E-state index < -0.39 is 0 Å². The summed E-state index contributed by atoms with van der Waals surface area (Å²) in [7, 11) is 0. The zero-order valence-electron chi connectivity index (χ0n) is 8.69. The van der Waals surface area contributed by atoms with Gasteiger partial charge in [0.1, 0.15) is 0 Å². The van der Waals surface area contributed by atoms with Crippen LogP contribution >= 0.6 is 0 Å². The number of carbonyl (C=O) groups is 2. The Balaban J connectivity index is 2.60. The van der Waals surface area contributed by atoms with Crippen LogP contribution in [0.2, 0.25) is 0 Å². The predicted octanol–water partition coefficient (Wildman–Crippen LogP) is 0.252. The first kappa shape index (κ1) is 10.8. The van der Waals surface area contributed by atoms with Crippen LogP contribution in [0.15, 0.2) is 12.7 Å². The lowest BCUT2D eigenvalue weighted by Crippen LogP contribution is -2.54. The molecule has 4 nitrogen and oxygen atoms in total. The lowest BCUT2D eigenvalue weighted by Gasteiger charge is -2.39. The third kappa shape index (κ3) is 2.13. The van der Waals surface area contributed by atoms with Crippen LogP contribution in [0.1, 0.15) is 13.8 Å². The van der Waals surface area contributed by atoms with E-state index >= 15 is 0 Å². The van der Waals surface area contributed by atoms with E-state index in [2.05, 4.69) is 6.58 Å². The first-order chi connectivity index (χ1) is 6.56. The van der Waals surface area contributed by atoms with Gasteiger partial charge in [0.2, 0.25) is 11.8 Å². The van der Waals surface area contributed by atoms with E-state index in [0.29, 0.717) is 19.6 Å². The van der Waals surface area contributed by atoms with Gasteiger partial charge in [0.25, 0.3) is 0 Å². The Bertz CT molecular complexity index is 263. The van der Waals surface area contributed by atoms with Gasteiger partial charge in [0.15, 0.2) is 0 Å². The van der Waals surface area contributed by atoms with Gasteiger partial charge in [0, 0.05) is 32.6 Å². The highest BCUT2D eigenvalue weighted by Crippen LogP contribution is 2.09. The van der Waals surface area contributed by atoms with Gasteiger partial charge in [-0.2, -0.15) is 0 Å². The molecule has 0 saturated carbocycles. The molecular weight excluding hydrogens is 180 g/mol. The number of carbonyl (C=O) groups excluding carboxylic acids is 2. The molecule has 0 aromatic heterocycles. The summed E-state index contributed by atoms with van der Waals surface area (Å²) in [6, 6.07) is 0.0816. The second-order valence-electron chi connectivity index (χ2n) is 3.55. The molecule has 4 heteroatoms. The minimum absolute atomic E-state index is 0.0549. The molecule has 1 heterocycles. The molecule has 1 aliphatic heterocycles. The van der Waals surface area contributed by atoms with E-state index in [4.69, 9.17) is 0 Å². The summed E-state index contributed by atoms with van der Waals surface area (Å²) in [6.45, 7) is 8.79. The van der Waals surface area contributed by atoms with Crippen LogP contribution in [0.4, 0.5) is 0 Å². The molecule has 1 aliphatic rings. The zero-order chi connectivity index (χ0) is 10.7. The van der Waals surface area contributed by atoms with Crippen LogP contribution in [-0.4, -0.2) is 47.3 Å². The molecule has 0 N–H and O–H groups in total. The Labute approximate surface area is 84.2 Å². The largest absolute Gasteiger partial charge is 0.339 e. The molecule has 1 fully saturated rings. The fourth-order valence-corrected chi connectivity index (χ4v) is 1.69. The van der Waals surface area contributed by atoms with Crippen molar-refractivity contribution in [2.75, 3.05) is 19.6 Å². The maximum Gasteiger partial charge on any atom is 0.246 e. The summed E-state index contributed by atoms with van der Waals surface area (Å²) in [5, 5.41) is 0. The summed E-state index contributed by atoms with van der Waals surface area (Å²) in [5.74, 6) is 0.0169. The van der Waals surface area contributed by atoms with Gasteiger partial charge in [-0.15, -0.1) is 0 Å². The van der Waals surface area contributed by atoms with Crippen molar-refractivity contribution in [2.45, 2.75) is 19.9 Å². The molecule has 0 spiro atoms. The molecular formula is C10H16N2O2. The predicted molar refractivity (Wildman–Crippen MR) is 53.6 cm³/mol. The molecule has 2 amide bonds. The molecule has 1 atom stereocenters. The summed E-state index contributed by atoms with van der Waals surface area (Å²) >= 11 is 0. The van der Waals surface area contributed by atoms with E-state index in [1.807, 2.05) is 6.92 Å². The SMILES string of the molecule is C=CC(=O)N1CCN(C(C)=O)CC1C. The first-order valence-electron chi connectivity index (χ1n) is 4.74. The quantitative estimate of drug-likeness (QED) is 0.564. The summed E-state index contributed by atoms with van der Waals surface area (Å²) in [6.07, 6.45) is 1.32. The van der Waals surface area contributed by atoms with Crippen LogP contribution in [-0.2, 0) is 9.59 Å². The van der Waals surface area contributed by atoms with Crippen LogP contribution in [0, 0.1) is 0 Å². The first-order valence-corrected chi connectivity index (χ1v) is 4.74. The highest BCUT2D eigenvalue weighted by atomic mass is 16.2. The Morgan fingerprint density at radius 1 is 1.43 bits per heavy atom. The smallest absolute Gasteiger partial charge is 0.246 e. The van der Waals surface area contributed by atoms with Gasteiger partial charge < -0.3 is 9.80 Å². The topological polar surface area (TPSA) is 40.6 Å². The van der Waals surface area contributed by atoms with Gasteiger partial charge in [-0.05, 0) is 13.0 Å². The average Bonchev–Trinajstić information content (AvgIpc) is 2.16. The maximum absolute atomic E-state index is 11.4. The molecule has 0 aromatic rings. The van der Waals surface area contributed by atoms with Crippen molar-refractivity contribution >= 4 is 11.8 Å². The van der Waals surface area contributed by atoms with E-state index in [-0.39, 0.29) is 17.9 Å². The van der Waals surface area contributed by atoms with Gasteiger partial charge in [-0.3, -0.25) is 9.59 Å². The Kier molecular flexibility index (Phi) is 3.28. The number of piperazine rings is 1. The second kappa shape index (κ2) is 4.26. The van der Waals surface area contributed by atoms with Crippen LogP contribution in [0.25, 0.3) is 0 Å². The molecule has 1 saturated heterocycles. The molecule has 1 rings (SSSR count). The van der Waals surface area contributed by atoms with Crippen molar-refractivity contribution in [3.8, 4) is 0 Å². The fraction of sp³-hybridized carbons (Fsp3) is 0.600. The summed E-state index contributed by atoms with van der Waals surface area (Å²) in [4.78, 5) is 26.0. The number of nitrogens with zero attached hydrogens (tertiary/aromatic N) is 2. The maximum atomic E-state index is 11.4. The molecule has 78 valence electrons. The third-order valence-electron chi connectivity index (χ3n) is 2.53.